The molecule has 2 rings (SSSR count). The van der Waals surface area contributed by atoms with Gasteiger partial charge in [-0.25, -0.2) is 0 Å². The zero-order valence-electron chi connectivity index (χ0n) is 33.3. The molecule has 0 spiro atoms. The van der Waals surface area contributed by atoms with E-state index in [0.717, 1.165) is 44.2 Å². The summed E-state index contributed by atoms with van der Waals surface area (Å²) in [4.78, 5) is 91.2. The molecule has 0 aromatic heterocycles. The van der Waals surface area contributed by atoms with Crippen LogP contribution < -0.4 is 27.4 Å². The van der Waals surface area contributed by atoms with Crippen LogP contribution in [-0.2, 0) is 24.0 Å². The largest absolute Gasteiger partial charge is 0.507 e. The lowest BCUT2D eigenvalue weighted by Gasteiger charge is -2.26. The van der Waals surface area contributed by atoms with Crippen molar-refractivity contribution in [2.24, 2.45) is 17.4 Å². The summed E-state index contributed by atoms with van der Waals surface area (Å²) in [6.07, 6.45) is 3.50. The van der Waals surface area contributed by atoms with Crippen molar-refractivity contribution in [1.29, 1.82) is 0 Å². The van der Waals surface area contributed by atoms with E-state index < -0.39 is 107 Å². The maximum absolute atomic E-state index is 13.9. The summed E-state index contributed by atoms with van der Waals surface area (Å²) in [5.41, 5.74) is 9.89. The number of aryl methyl sites for hydroxylation is 1. The molecule has 11 N–H and O–H groups in total. The maximum Gasteiger partial charge on any atom is 0.243 e. The summed E-state index contributed by atoms with van der Waals surface area (Å²) in [5.74, 6) is -7.78. The van der Waals surface area contributed by atoms with E-state index in [0.29, 0.717) is 18.4 Å². The lowest BCUT2D eigenvalue weighted by molar-refractivity contribution is -0.134. The number of carbonyl (C=O) groups excluding carboxylic acids is 7. The zero-order chi connectivity index (χ0) is 42.8. The topological polar surface area (TPSA) is 289 Å². The lowest BCUT2D eigenvalue weighted by Crippen LogP contribution is -2.56. The number of phenols is 3. The van der Waals surface area contributed by atoms with Crippen molar-refractivity contribution in [1.82, 2.24) is 16.0 Å². The third kappa shape index (κ3) is 16.2. The second-order valence-corrected chi connectivity index (χ2v) is 14.9. The highest BCUT2D eigenvalue weighted by Gasteiger charge is 2.32. The van der Waals surface area contributed by atoms with Gasteiger partial charge in [-0.05, 0) is 61.9 Å². The summed E-state index contributed by atoms with van der Waals surface area (Å²) >= 11 is 0. The highest BCUT2D eigenvalue weighted by atomic mass is 16.3. The van der Waals surface area contributed by atoms with E-state index in [1.807, 2.05) is 13.8 Å². The first-order valence-electron chi connectivity index (χ1n) is 19.4. The number of nitrogens with two attached hydrogens (primary N) is 2. The number of benzene rings is 2. The minimum absolute atomic E-state index is 0.0986. The number of primary amides is 2. The smallest absolute Gasteiger partial charge is 0.243 e. The van der Waals surface area contributed by atoms with Crippen LogP contribution in [0.2, 0.25) is 0 Å². The molecule has 0 saturated heterocycles. The highest BCUT2D eigenvalue weighted by molar-refractivity contribution is 6.19. The van der Waals surface area contributed by atoms with Gasteiger partial charge in [0.2, 0.25) is 35.3 Å². The Hall–Kier alpha value is -5.51. The van der Waals surface area contributed by atoms with Crippen molar-refractivity contribution >= 4 is 41.1 Å². The second-order valence-electron chi connectivity index (χ2n) is 14.9. The normalized spacial score (nSPS) is 13.2. The van der Waals surface area contributed by atoms with Crippen LogP contribution in [-0.4, -0.2) is 85.8 Å². The van der Waals surface area contributed by atoms with E-state index in [4.69, 9.17) is 11.5 Å². The van der Waals surface area contributed by atoms with Crippen molar-refractivity contribution in [3.8, 4) is 17.2 Å². The van der Waals surface area contributed by atoms with Crippen LogP contribution in [0.5, 0.6) is 17.2 Å². The van der Waals surface area contributed by atoms with E-state index in [9.17, 15) is 54.0 Å². The summed E-state index contributed by atoms with van der Waals surface area (Å²) in [6, 6.07) is 2.34. The average molecular weight is 798 g/mol. The van der Waals surface area contributed by atoms with Crippen LogP contribution in [0.25, 0.3) is 0 Å². The molecule has 2 aromatic rings. The molecule has 0 aliphatic carbocycles. The Bertz CT molecular complexity index is 1730. The molecule has 0 bridgehead atoms. The third-order valence-corrected chi connectivity index (χ3v) is 9.25. The van der Waals surface area contributed by atoms with Crippen molar-refractivity contribution in [3.05, 3.63) is 52.6 Å². The molecule has 5 amide bonds. The Balaban J connectivity index is 2.30. The van der Waals surface area contributed by atoms with Crippen molar-refractivity contribution in [3.63, 3.8) is 0 Å². The molecule has 314 valence electrons. The molecular formula is C41H59N5O11. The maximum atomic E-state index is 13.9. The number of nitrogens with one attached hydrogen (secondary N) is 3. The average Bonchev–Trinajstić information content (AvgIpc) is 3.09. The van der Waals surface area contributed by atoms with Gasteiger partial charge in [0.1, 0.15) is 34.9 Å². The predicted molar refractivity (Wildman–Crippen MR) is 211 cm³/mol. The molecule has 57 heavy (non-hydrogen) atoms. The first-order valence-corrected chi connectivity index (χ1v) is 19.4. The molecule has 0 unspecified atom stereocenters. The molecule has 16 heteroatoms. The number of hydrogen-bond donors (Lipinski definition) is 9. The van der Waals surface area contributed by atoms with E-state index in [2.05, 4.69) is 22.9 Å². The Kier molecular flexibility index (Phi) is 19.7. The Morgan fingerprint density at radius 1 is 0.702 bits per heavy atom. The van der Waals surface area contributed by atoms with Gasteiger partial charge in [-0.2, -0.15) is 0 Å². The fraction of sp³-hybridized carbons (Fsp3) is 0.537. The number of aliphatic hydroxyl groups is 1. The minimum Gasteiger partial charge on any atom is -0.507 e. The fourth-order valence-electron chi connectivity index (χ4n) is 6.48. The van der Waals surface area contributed by atoms with Crippen molar-refractivity contribution in [2.75, 3.05) is 0 Å². The minimum atomic E-state index is -1.53. The molecule has 0 heterocycles. The van der Waals surface area contributed by atoms with E-state index >= 15 is 0 Å². The fourth-order valence-corrected chi connectivity index (χ4v) is 6.48. The number of carbonyl (C=O) groups is 7. The third-order valence-electron chi connectivity index (χ3n) is 9.25. The number of aromatic hydroxyl groups is 3. The van der Waals surface area contributed by atoms with Gasteiger partial charge in [0.05, 0.1) is 24.5 Å². The quantitative estimate of drug-likeness (QED) is 0.0492. The van der Waals surface area contributed by atoms with E-state index in [-0.39, 0.29) is 37.2 Å². The zero-order valence-corrected chi connectivity index (χ0v) is 33.3. The van der Waals surface area contributed by atoms with Gasteiger partial charge in [0.15, 0.2) is 5.78 Å². The summed E-state index contributed by atoms with van der Waals surface area (Å²) in [7, 11) is 0. The Morgan fingerprint density at radius 2 is 1.32 bits per heavy atom. The molecule has 0 aliphatic heterocycles. The Labute approximate surface area is 333 Å². The summed E-state index contributed by atoms with van der Waals surface area (Å²) in [6.45, 7) is 7.34. The number of phenolic OH excluding ortho intramolecular Hbond substituents is 3. The lowest BCUT2D eigenvalue weighted by atomic mass is 9.89. The van der Waals surface area contributed by atoms with Gasteiger partial charge in [-0.1, -0.05) is 65.4 Å². The van der Waals surface area contributed by atoms with Crippen LogP contribution in [0, 0.1) is 12.8 Å². The van der Waals surface area contributed by atoms with Gasteiger partial charge in [0, 0.05) is 24.4 Å². The van der Waals surface area contributed by atoms with Crippen LogP contribution in [0.3, 0.4) is 0 Å². The number of hydrogen-bond acceptors (Lipinski definition) is 11. The number of Topliss-reactive ketones (excluding diaryl/α,β-unsaturated/α-hetero) is 1. The van der Waals surface area contributed by atoms with Gasteiger partial charge in [0.25, 0.3) is 0 Å². The van der Waals surface area contributed by atoms with E-state index in [1.165, 1.54) is 18.2 Å². The number of unbranched alkanes of at least 4 members (excludes halogenated alkanes) is 5. The van der Waals surface area contributed by atoms with Crippen molar-refractivity contribution < 1.29 is 54.0 Å². The number of ketones is 2. The molecule has 0 aliphatic rings. The van der Waals surface area contributed by atoms with Crippen LogP contribution in [0.4, 0.5) is 0 Å². The van der Waals surface area contributed by atoms with Crippen LogP contribution in [0.15, 0.2) is 30.3 Å². The number of amides is 5. The van der Waals surface area contributed by atoms with Crippen LogP contribution in [0.1, 0.15) is 136 Å². The molecule has 16 nitrogen and oxygen atoms in total. The monoisotopic (exact) mass is 797 g/mol. The standard InChI is InChI=1S/C41H59N5O11/c1-5-6-7-8-9-10-12-26(47)21-36(54)45-29(22-35(43)53)41(57)46-28(15-16-34(42)52)40(56)44-25(17-23(2)3)20-32(50)27-18-24(4)19-33(51)37(27)39(55)38-30(48)13-11-14-31(38)49/h11,13-14,18-19,23,25-26,28-29,47-49,51H,5-10,12,15-17,20-22H2,1-4H3,(H2,42,52)(H2,43,53)(H,44,56)(H,45,54)(H,46,57)/t25-,26-,28+,29+/m1/s1. The predicted octanol–water partition coefficient (Wildman–Crippen LogP) is 3.06. The van der Waals surface area contributed by atoms with Gasteiger partial charge < -0.3 is 47.8 Å². The first kappa shape index (κ1) is 47.6. The molecule has 4 atom stereocenters. The molecular weight excluding hydrogens is 738 g/mol. The number of aliphatic hydroxyl groups excluding tert-OH is 1. The number of rotatable bonds is 26. The summed E-state index contributed by atoms with van der Waals surface area (Å²) < 4.78 is 0. The molecule has 2 aromatic carbocycles. The van der Waals surface area contributed by atoms with Gasteiger partial charge in [-0.3, -0.25) is 33.6 Å². The molecule has 0 saturated carbocycles. The first-order chi connectivity index (χ1) is 26.8. The Morgan fingerprint density at radius 3 is 1.91 bits per heavy atom. The van der Waals surface area contributed by atoms with Crippen LogP contribution >= 0.6 is 0 Å². The van der Waals surface area contributed by atoms with E-state index in [1.54, 1.807) is 6.92 Å². The highest BCUT2D eigenvalue weighted by Crippen LogP contribution is 2.34. The van der Waals surface area contributed by atoms with Crippen molar-refractivity contribution in [2.45, 2.75) is 135 Å². The van der Waals surface area contributed by atoms with Gasteiger partial charge >= 0.3 is 0 Å². The second kappa shape index (κ2) is 23.5. The molecule has 0 radical (unpaired) electrons. The summed E-state index contributed by atoms with van der Waals surface area (Å²) in [5, 5.41) is 49.5. The molecule has 0 fully saturated rings. The SMILES string of the molecule is CCCCCCCC[C@@H](O)CC(=O)N[C@@H](CC(N)=O)C(=O)N[C@@H](CCC(N)=O)C(=O)N[C@@H](CC(=O)c1cc(C)cc(O)c1C(=O)c1c(O)cccc1O)CC(C)C. The van der Waals surface area contributed by atoms with Gasteiger partial charge in [-0.15, -0.1) is 0 Å².